The zero-order valence-corrected chi connectivity index (χ0v) is 12.1. The minimum Gasteiger partial charge on any atom is -0.465 e. The monoisotopic (exact) mass is 293 g/mol. The summed E-state index contributed by atoms with van der Waals surface area (Å²) in [6.45, 7) is 0.588. The third kappa shape index (κ3) is 3.03. The lowest BCUT2D eigenvalue weighted by Crippen LogP contribution is -2.04. The van der Waals surface area contributed by atoms with Crippen molar-refractivity contribution in [2.45, 2.75) is 6.54 Å². The van der Waals surface area contributed by atoms with Gasteiger partial charge in [0.1, 0.15) is 0 Å². The SMILES string of the molecule is COC(=O)c1cccc(Cn2ccc(-c3cccnc3)n2)c1. The Morgan fingerprint density at radius 2 is 2.14 bits per heavy atom. The molecule has 5 heteroatoms. The number of rotatable bonds is 4. The molecule has 2 heterocycles. The Morgan fingerprint density at radius 1 is 1.23 bits per heavy atom. The molecule has 5 nitrogen and oxygen atoms in total. The smallest absolute Gasteiger partial charge is 0.337 e. The van der Waals surface area contributed by atoms with Crippen molar-refractivity contribution in [1.29, 1.82) is 0 Å². The van der Waals surface area contributed by atoms with Crippen LogP contribution < -0.4 is 0 Å². The predicted octanol–water partition coefficient (Wildman–Crippen LogP) is 2.78. The van der Waals surface area contributed by atoms with Crippen LogP contribution in [0, 0.1) is 0 Å². The van der Waals surface area contributed by atoms with Crippen molar-refractivity contribution in [3.05, 3.63) is 72.2 Å². The summed E-state index contributed by atoms with van der Waals surface area (Å²) >= 11 is 0. The summed E-state index contributed by atoms with van der Waals surface area (Å²) in [4.78, 5) is 15.6. The van der Waals surface area contributed by atoms with Gasteiger partial charge in [0.15, 0.2) is 0 Å². The second-order valence-electron chi connectivity index (χ2n) is 4.83. The van der Waals surface area contributed by atoms with E-state index in [0.717, 1.165) is 16.8 Å². The highest BCUT2D eigenvalue weighted by atomic mass is 16.5. The molecule has 1 aromatic carbocycles. The van der Waals surface area contributed by atoms with E-state index in [-0.39, 0.29) is 5.97 Å². The molecule has 0 aliphatic heterocycles. The third-order valence-corrected chi connectivity index (χ3v) is 3.29. The molecule has 3 rings (SSSR count). The molecular weight excluding hydrogens is 278 g/mol. The summed E-state index contributed by atoms with van der Waals surface area (Å²) in [6, 6.07) is 13.1. The number of carbonyl (C=O) groups is 1. The molecule has 0 fully saturated rings. The van der Waals surface area contributed by atoms with E-state index in [1.165, 1.54) is 7.11 Å². The molecule has 0 spiro atoms. The lowest BCUT2D eigenvalue weighted by Gasteiger charge is -2.04. The van der Waals surface area contributed by atoms with Crippen LogP contribution in [0.3, 0.4) is 0 Å². The van der Waals surface area contributed by atoms with Crippen LogP contribution in [-0.2, 0) is 11.3 Å². The average molecular weight is 293 g/mol. The molecule has 0 aliphatic rings. The molecule has 0 unspecified atom stereocenters. The van der Waals surface area contributed by atoms with Crippen LogP contribution in [0.2, 0.25) is 0 Å². The molecule has 3 aromatic rings. The fraction of sp³-hybridized carbons (Fsp3) is 0.118. The average Bonchev–Trinajstić information content (AvgIpc) is 3.03. The normalized spacial score (nSPS) is 10.4. The van der Waals surface area contributed by atoms with Gasteiger partial charge >= 0.3 is 5.97 Å². The van der Waals surface area contributed by atoms with Gasteiger partial charge in [0.05, 0.1) is 24.9 Å². The van der Waals surface area contributed by atoms with Crippen LogP contribution in [0.4, 0.5) is 0 Å². The standard InChI is InChI=1S/C17H15N3O2/c1-22-17(21)14-5-2-4-13(10-14)12-20-9-7-16(19-20)15-6-3-8-18-11-15/h2-11H,12H2,1H3. The zero-order chi connectivity index (χ0) is 15.4. The first kappa shape index (κ1) is 14.0. The Morgan fingerprint density at radius 3 is 2.91 bits per heavy atom. The van der Waals surface area contributed by atoms with Crippen LogP contribution in [0.5, 0.6) is 0 Å². The van der Waals surface area contributed by atoms with Crippen molar-refractivity contribution in [2.75, 3.05) is 7.11 Å². The summed E-state index contributed by atoms with van der Waals surface area (Å²) in [6.07, 6.45) is 5.43. The summed E-state index contributed by atoms with van der Waals surface area (Å²) in [5.41, 5.74) is 3.38. The minimum absolute atomic E-state index is 0.335. The summed E-state index contributed by atoms with van der Waals surface area (Å²) < 4.78 is 6.57. The van der Waals surface area contributed by atoms with Crippen molar-refractivity contribution in [1.82, 2.24) is 14.8 Å². The first-order chi connectivity index (χ1) is 10.8. The topological polar surface area (TPSA) is 57.0 Å². The van der Waals surface area contributed by atoms with E-state index in [4.69, 9.17) is 4.74 Å². The van der Waals surface area contributed by atoms with Gasteiger partial charge in [-0.1, -0.05) is 12.1 Å². The van der Waals surface area contributed by atoms with Gasteiger partial charge in [-0.15, -0.1) is 0 Å². The van der Waals surface area contributed by atoms with E-state index in [2.05, 4.69) is 10.1 Å². The second kappa shape index (κ2) is 6.22. The van der Waals surface area contributed by atoms with Gasteiger partial charge in [-0.3, -0.25) is 9.67 Å². The lowest BCUT2D eigenvalue weighted by molar-refractivity contribution is 0.0600. The molecule has 0 atom stereocenters. The van der Waals surface area contributed by atoms with Gasteiger partial charge in [-0.25, -0.2) is 4.79 Å². The van der Waals surface area contributed by atoms with Crippen molar-refractivity contribution in [3.8, 4) is 11.3 Å². The predicted molar refractivity (Wildman–Crippen MR) is 82.3 cm³/mol. The van der Waals surface area contributed by atoms with Gasteiger partial charge in [0, 0.05) is 24.2 Å². The maximum atomic E-state index is 11.6. The molecule has 0 saturated heterocycles. The number of benzene rings is 1. The van der Waals surface area contributed by atoms with E-state index in [0.29, 0.717) is 12.1 Å². The highest BCUT2D eigenvalue weighted by molar-refractivity contribution is 5.89. The summed E-state index contributed by atoms with van der Waals surface area (Å²) in [7, 11) is 1.38. The molecule has 110 valence electrons. The number of aromatic nitrogens is 3. The van der Waals surface area contributed by atoms with E-state index >= 15 is 0 Å². The highest BCUT2D eigenvalue weighted by Crippen LogP contribution is 2.15. The van der Waals surface area contributed by atoms with Gasteiger partial charge < -0.3 is 4.74 Å². The Balaban J connectivity index is 1.80. The Bertz CT molecular complexity index is 781. The molecule has 0 aliphatic carbocycles. The summed E-state index contributed by atoms with van der Waals surface area (Å²) in [5.74, 6) is -0.335. The van der Waals surface area contributed by atoms with Crippen LogP contribution in [0.25, 0.3) is 11.3 Å². The maximum absolute atomic E-state index is 11.6. The fourth-order valence-corrected chi connectivity index (χ4v) is 2.22. The Kier molecular flexibility index (Phi) is 3.96. The van der Waals surface area contributed by atoms with Crippen molar-refractivity contribution in [2.24, 2.45) is 0 Å². The van der Waals surface area contributed by atoms with Crippen molar-refractivity contribution >= 4 is 5.97 Å². The van der Waals surface area contributed by atoms with Crippen LogP contribution in [0.15, 0.2) is 61.1 Å². The Labute approximate surface area is 128 Å². The van der Waals surface area contributed by atoms with Crippen LogP contribution in [0.1, 0.15) is 15.9 Å². The fourth-order valence-electron chi connectivity index (χ4n) is 2.22. The van der Waals surface area contributed by atoms with E-state index in [1.54, 1.807) is 18.5 Å². The van der Waals surface area contributed by atoms with Crippen LogP contribution in [-0.4, -0.2) is 27.8 Å². The zero-order valence-electron chi connectivity index (χ0n) is 12.1. The van der Waals surface area contributed by atoms with Crippen molar-refractivity contribution < 1.29 is 9.53 Å². The number of nitrogens with zero attached hydrogens (tertiary/aromatic N) is 3. The van der Waals surface area contributed by atoms with Crippen LogP contribution >= 0.6 is 0 Å². The van der Waals surface area contributed by atoms with Crippen molar-refractivity contribution in [3.63, 3.8) is 0 Å². The quantitative estimate of drug-likeness (QED) is 0.694. The van der Waals surface area contributed by atoms with Gasteiger partial charge in [-0.2, -0.15) is 5.10 Å². The Hall–Kier alpha value is -2.95. The largest absolute Gasteiger partial charge is 0.465 e. The number of hydrogen-bond donors (Lipinski definition) is 0. The highest BCUT2D eigenvalue weighted by Gasteiger charge is 2.07. The molecule has 22 heavy (non-hydrogen) atoms. The number of pyridine rings is 1. The van der Waals surface area contributed by atoms with Gasteiger partial charge in [-0.05, 0) is 35.9 Å². The molecule has 0 saturated carbocycles. The second-order valence-corrected chi connectivity index (χ2v) is 4.83. The van der Waals surface area contributed by atoms with E-state index in [1.807, 2.05) is 47.3 Å². The summed E-state index contributed by atoms with van der Waals surface area (Å²) in [5, 5.41) is 4.53. The number of methoxy groups -OCH3 is 1. The third-order valence-electron chi connectivity index (χ3n) is 3.29. The van der Waals surface area contributed by atoms with E-state index in [9.17, 15) is 4.79 Å². The minimum atomic E-state index is -0.335. The molecule has 2 aromatic heterocycles. The molecule has 0 N–H and O–H groups in total. The lowest BCUT2D eigenvalue weighted by atomic mass is 10.1. The van der Waals surface area contributed by atoms with E-state index < -0.39 is 0 Å². The molecular formula is C17H15N3O2. The first-order valence-electron chi connectivity index (χ1n) is 6.87. The number of hydrogen-bond acceptors (Lipinski definition) is 4. The number of carbonyl (C=O) groups excluding carboxylic acids is 1. The van der Waals surface area contributed by atoms with Gasteiger partial charge in [0.25, 0.3) is 0 Å². The molecule has 0 amide bonds. The number of ether oxygens (including phenoxy) is 1. The first-order valence-corrected chi connectivity index (χ1v) is 6.87. The molecule has 0 bridgehead atoms. The van der Waals surface area contributed by atoms with Gasteiger partial charge in [0.2, 0.25) is 0 Å². The maximum Gasteiger partial charge on any atom is 0.337 e. The molecule has 0 radical (unpaired) electrons. The number of esters is 1.